The van der Waals surface area contributed by atoms with Crippen LogP contribution in [0.2, 0.25) is 0 Å². The van der Waals surface area contributed by atoms with Crippen molar-refractivity contribution in [1.82, 2.24) is 5.32 Å². The van der Waals surface area contributed by atoms with Gasteiger partial charge in [0.25, 0.3) is 0 Å². The molecule has 17 heavy (non-hydrogen) atoms. The predicted octanol–water partition coefficient (Wildman–Crippen LogP) is 2.68. The van der Waals surface area contributed by atoms with Gasteiger partial charge in [-0.2, -0.15) is 0 Å². The zero-order valence-corrected chi connectivity index (χ0v) is 10.2. The van der Waals surface area contributed by atoms with E-state index in [0.717, 1.165) is 25.0 Å². The summed E-state index contributed by atoms with van der Waals surface area (Å²) < 4.78 is 5.26. The van der Waals surface area contributed by atoms with Crippen molar-refractivity contribution in [1.29, 1.82) is 0 Å². The molecule has 92 valence electrons. The Morgan fingerprint density at radius 1 is 1.65 bits per heavy atom. The Balaban J connectivity index is 1.72. The van der Waals surface area contributed by atoms with Crippen molar-refractivity contribution in [3.05, 3.63) is 36.3 Å². The van der Waals surface area contributed by atoms with Gasteiger partial charge in [-0.3, -0.25) is 4.79 Å². The molecule has 0 aliphatic heterocycles. The lowest BCUT2D eigenvalue weighted by Crippen LogP contribution is -2.34. The maximum absolute atomic E-state index is 11.8. The summed E-state index contributed by atoms with van der Waals surface area (Å²) in [5.41, 5.74) is 0. The van der Waals surface area contributed by atoms with E-state index in [1.807, 2.05) is 19.1 Å². The van der Waals surface area contributed by atoms with E-state index in [-0.39, 0.29) is 11.9 Å². The number of carbonyl (C=O) groups is 1. The summed E-state index contributed by atoms with van der Waals surface area (Å²) in [5.74, 6) is 1.49. The van der Waals surface area contributed by atoms with Crippen LogP contribution < -0.4 is 5.32 Å². The normalized spacial score (nSPS) is 20.4. The first-order valence-corrected chi connectivity index (χ1v) is 6.22. The number of nitrogens with one attached hydrogen (secondary N) is 1. The molecular formula is C14H19NO2. The highest BCUT2D eigenvalue weighted by atomic mass is 16.3. The van der Waals surface area contributed by atoms with E-state index in [0.29, 0.717) is 12.3 Å². The molecular weight excluding hydrogens is 214 g/mol. The van der Waals surface area contributed by atoms with Gasteiger partial charge in [-0.25, -0.2) is 0 Å². The largest absolute Gasteiger partial charge is 0.469 e. The van der Waals surface area contributed by atoms with Crippen LogP contribution in [0.25, 0.3) is 0 Å². The van der Waals surface area contributed by atoms with E-state index in [1.54, 1.807) is 6.26 Å². The molecule has 3 nitrogen and oxygen atoms in total. The quantitative estimate of drug-likeness (QED) is 0.794. The highest BCUT2D eigenvalue weighted by molar-refractivity contribution is 5.76. The Hall–Kier alpha value is -1.51. The third kappa shape index (κ3) is 3.77. The van der Waals surface area contributed by atoms with Crippen molar-refractivity contribution >= 4 is 5.91 Å². The molecule has 0 fully saturated rings. The Morgan fingerprint density at radius 2 is 2.53 bits per heavy atom. The smallest absolute Gasteiger partial charge is 0.220 e. The molecule has 2 atom stereocenters. The predicted molar refractivity (Wildman–Crippen MR) is 66.5 cm³/mol. The van der Waals surface area contributed by atoms with E-state index in [2.05, 4.69) is 17.5 Å². The average Bonchev–Trinajstić information content (AvgIpc) is 2.90. The molecule has 0 bridgehead atoms. The van der Waals surface area contributed by atoms with Gasteiger partial charge in [0, 0.05) is 18.9 Å². The molecule has 1 aliphatic carbocycles. The molecule has 1 amide bonds. The monoisotopic (exact) mass is 233 g/mol. The van der Waals surface area contributed by atoms with Crippen molar-refractivity contribution in [2.75, 3.05) is 0 Å². The van der Waals surface area contributed by atoms with Crippen LogP contribution in [0, 0.1) is 5.92 Å². The summed E-state index contributed by atoms with van der Waals surface area (Å²) in [4.78, 5) is 11.8. The molecule has 0 saturated carbocycles. The number of rotatable bonds is 5. The van der Waals surface area contributed by atoms with E-state index >= 15 is 0 Å². The lowest BCUT2D eigenvalue weighted by atomic mass is 10.0. The summed E-state index contributed by atoms with van der Waals surface area (Å²) in [6.07, 6.45) is 9.55. The average molecular weight is 233 g/mol. The molecule has 0 spiro atoms. The third-order valence-corrected chi connectivity index (χ3v) is 3.05. The topological polar surface area (TPSA) is 42.2 Å². The summed E-state index contributed by atoms with van der Waals surface area (Å²) in [5, 5.41) is 3.01. The summed E-state index contributed by atoms with van der Waals surface area (Å²) in [7, 11) is 0. The van der Waals surface area contributed by atoms with Crippen LogP contribution in [0.4, 0.5) is 0 Å². The summed E-state index contributed by atoms with van der Waals surface area (Å²) in [6.45, 7) is 2.00. The Kier molecular flexibility index (Phi) is 4.02. The van der Waals surface area contributed by atoms with Crippen LogP contribution in [0.3, 0.4) is 0 Å². The number of hydrogen-bond donors (Lipinski definition) is 1. The molecule has 0 aromatic carbocycles. The van der Waals surface area contributed by atoms with E-state index in [1.165, 1.54) is 0 Å². The maximum atomic E-state index is 11.8. The van der Waals surface area contributed by atoms with Gasteiger partial charge >= 0.3 is 0 Å². The summed E-state index contributed by atoms with van der Waals surface area (Å²) in [6, 6.07) is 3.93. The van der Waals surface area contributed by atoms with Crippen molar-refractivity contribution in [2.24, 2.45) is 5.92 Å². The highest BCUT2D eigenvalue weighted by Crippen LogP contribution is 2.20. The van der Waals surface area contributed by atoms with Crippen LogP contribution >= 0.6 is 0 Å². The number of hydrogen-bond acceptors (Lipinski definition) is 2. The number of carbonyl (C=O) groups excluding carboxylic acids is 1. The third-order valence-electron chi connectivity index (χ3n) is 3.05. The second-order valence-electron chi connectivity index (χ2n) is 4.72. The molecule has 0 radical (unpaired) electrons. The lowest BCUT2D eigenvalue weighted by molar-refractivity contribution is -0.122. The highest BCUT2D eigenvalue weighted by Gasteiger charge is 2.15. The van der Waals surface area contributed by atoms with Crippen LogP contribution in [-0.2, 0) is 11.2 Å². The van der Waals surface area contributed by atoms with Gasteiger partial charge in [-0.1, -0.05) is 12.2 Å². The van der Waals surface area contributed by atoms with E-state index in [4.69, 9.17) is 4.42 Å². The van der Waals surface area contributed by atoms with Gasteiger partial charge in [-0.05, 0) is 37.8 Å². The van der Waals surface area contributed by atoms with Gasteiger partial charge in [-0.15, -0.1) is 0 Å². The second kappa shape index (κ2) is 5.71. The first-order valence-electron chi connectivity index (χ1n) is 6.22. The molecule has 1 aromatic heterocycles. The first-order chi connectivity index (χ1) is 8.24. The minimum atomic E-state index is 0.124. The zero-order chi connectivity index (χ0) is 12.1. The Morgan fingerprint density at radius 3 is 3.18 bits per heavy atom. The maximum Gasteiger partial charge on any atom is 0.220 e. The SMILES string of the molecule is C[C@H](Cc1ccco1)NC(=O)C[C@@H]1C=CCC1. The molecule has 2 rings (SSSR count). The molecule has 1 aromatic rings. The van der Waals surface area contributed by atoms with E-state index < -0.39 is 0 Å². The van der Waals surface area contributed by atoms with Gasteiger partial charge in [0.2, 0.25) is 5.91 Å². The molecule has 0 unspecified atom stereocenters. The molecule has 1 aliphatic rings. The number of furan rings is 1. The summed E-state index contributed by atoms with van der Waals surface area (Å²) >= 11 is 0. The van der Waals surface area contributed by atoms with Gasteiger partial charge in [0.1, 0.15) is 5.76 Å². The van der Waals surface area contributed by atoms with Crippen LogP contribution in [0.5, 0.6) is 0 Å². The van der Waals surface area contributed by atoms with Crippen LogP contribution in [0.15, 0.2) is 35.0 Å². The van der Waals surface area contributed by atoms with E-state index in [9.17, 15) is 4.79 Å². The fourth-order valence-corrected chi connectivity index (χ4v) is 2.22. The lowest BCUT2D eigenvalue weighted by Gasteiger charge is -2.14. The van der Waals surface area contributed by atoms with Crippen LogP contribution in [-0.4, -0.2) is 11.9 Å². The fraction of sp³-hybridized carbons (Fsp3) is 0.500. The fourth-order valence-electron chi connectivity index (χ4n) is 2.22. The standard InChI is InChI=1S/C14H19NO2/c1-11(9-13-7-4-8-17-13)15-14(16)10-12-5-2-3-6-12/h2,4-5,7-8,11-12H,3,6,9-10H2,1H3,(H,15,16)/t11-,12-/m1/s1. The van der Waals surface area contributed by atoms with Crippen molar-refractivity contribution in [2.45, 2.75) is 38.6 Å². The molecule has 0 saturated heterocycles. The zero-order valence-electron chi connectivity index (χ0n) is 10.2. The van der Waals surface area contributed by atoms with Crippen molar-refractivity contribution in [3.63, 3.8) is 0 Å². The number of amides is 1. The Labute approximate surface area is 102 Å². The second-order valence-corrected chi connectivity index (χ2v) is 4.72. The number of allylic oxidation sites excluding steroid dienone is 2. The van der Waals surface area contributed by atoms with Gasteiger partial charge in [0.05, 0.1) is 6.26 Å². The van der Waals surface area contributed by atoms with Crippen molar-refractivity contribution < 1.29 is 9.21 Å². The molecule has 3 heteroatoms. The van der Waals surface area contributed by atoms with Crippen LogP contribution in [0.1, 0.15) is 31.9 Å². The van der Waals surface area contributed by atoms with Crippen molar-refractivity contribution in [3.8, 4) is 0 Å². The minimum absolute atomic E-state index is 0.124. The van der Waals surface area contributed by atoms with Gasteiger partial charge < -0.3 is 9.73 Å². The molecule has 1 N–H and O–H groups in total. The molecule has 1 heterocycles. The first kappa shape index (κ1) is 12.0. The van der Waals surface area contributed by atoms with Gasteiger partial charge in [0.15, 0.2) is 0 Å². The Bertz CT molecular complexity index is 381. The minimum Gasteiger partial charge on any atom is -0.469 e.